The lowest BCUT2D eigenvalue weighted by molar-refractivity contribution is -0.135. The summed E-state index contributed by atoms with van der Waals surface area (Å²) in [7, 11) is 0. The first-order valence-corrected chi connectivity index (χ1v) is 18.4. The highest BCUT2D eigenvalue weighted by atomic mass is 79.9. The third-order valence-electron chi connectivity index (χ3n) is 8.99. The van der Waals surface area contributed by atoms with Gasteiger partial charge in [-0.25, -0.2) is 0 Å². The smallest absolute Gasteiger partial charge is 0.173 e. The molecule has 2 unspecified atom stereocenters. The van der Waals surface area contributed by atoms with Gasteiger partial charge in [-0.3, -0.25) is 0 Å². The van der Waals surface area contributed by atoms with Gasteiger partial charge in [-0.1, -0.05) is 111 Å². The maximum atomic E-state index is 6.00. The highest BCUT2D eigenvalue weighted by molar-refractivity contribution is 9.09. The molecule has 4 aromatic rings. The monoisotopic (exact) mass is 672 g/mol. The molecule has 1 aromatic heterocycles. The molecule has 1 aliphatic rings. The van der Waals surface area contributed by atoms with Crippen molar-refractivity contribution in [3.05, 3.63) is 95.1 Å². The molecule has 0 radical (unpaired) electrons. The maximum absolute atomic E-state index is 6.00. The van der Waals surface area contributed by atoms with Crippen LogP contribution in [0.25, 0.3) is 32.0 Å². The average Bonchev–Trinajstić information content (AvgIpc) is 3.62. The van der Waals surface area contributed by atoms with E-state index in [-0.39, 0.29) is 16.5 Å². The van der Waals surface area contributed by atoms with Crippen molar-refractivity contribution in [2.45, 2.75) is 96.6 Å². The number of fused-ring (bicyclic) bond motifs is 3. The number of benzene rings is 3. The molecule has 0 spiro atoms. The van der Waals surface area contributed by atoms with Crippen LogP contribution in [0.5, 0.6) is 0 Å². The second kappa shape index (κ2) is 14.9. The summed E-state index contributed by atoms with van der Waals surface area (Å²) in [6, 6.07) is 28.1. The molecule has 2 atom stereocenters. The Balaban J connectivity index is 1.53. The van der Waals surface area contributed by atoms with Crippen LogP contribution in [-0.2, 0) is 21.3 Å². The lowest BCUT2D eigenvalue weighted by Gasteiger charge is -2.35. The Labute approximate surface area is 278 Å². The van der Waals surface area contributed by atoms with Gasteiger partial charge < -0.3 is 9.47 Å². The highest BCUT2D eigenvalue weighted by Crippen LogP contribution is 2.56. The second-order valence-corrected chi connectivity index (χ2v) is 14.7. The number of rotatable bonds is 15. The number of hydrogen-bond acceptors (Lipinski definition) is 3. The number of aryl methyl sites for hydroxylation is 1. The van der Waals surface area contributed by atoms with Crippen molar-refractivity contribution in [1.82, 2.24) is 0 Å². The Morgan fingerprint density at radius 1 is 0.727 bits per heavy atom. The fourth-order valence-electron chi connectivity index (χ4n) is 7.12. The van der Waals surface area contributed by atoms with Crippen molar-refractivity contribution < 1.29 is 9.47 Å². The summed E-state index contributed by atoms with van der Waals surface area (Å²) in [5.74, 6) is 0.570. The van der Waals surface area contributed by atoms with E-state index in [1.54, 1.807) is 0 Å². The molecule has 0 bridgehead atoms. The summed E-state index contributed by atoms with van der Waals surface area (Å²) in [6.07, 6.45) is 6.73. The normalized spacial score (nSPS) is 16.5. The van der Waals surface area contributed by atoms with Crippen LogP contribution in [0.2, 0.25) is 0 Å². The molecule has 2 nitrogen and oxygen atoms in total. The summed E-state index contributed by atoms with van der Waals surface area (Å²) in [5.41, 5.74) is 11.0. The molecule has 1 aliphatic carbocycles. The Bertz CT molecular complexity index is 1510. The zero-order valence-electron chi connectivity index (χ0n) is 27.4. The van der Waals surface area contributed by atoms with E-state index >= 15 is 0 Å². The van der Waals surface area contributed by atoms with Crippen molar-refractivity contribution in [2.24, 2.45) is 5.92 Å². The molecule has 0 amide bonds. The van der Waals surface area contributed by atoms with Crippen molar-refractivity contribution in [2.75, 3.05) is 13.2 Å². The standard InChI is InChI=1S/C40H49BrO2S/c1-7-11-12-28-13-15-29(16-14-28)36-21-22-37(44-36)30-17-19-32-33-20-18-31(38(41)39(42-9-3)43-10-4)25-35(33)40(23-8-2,26-27(5)6)34(32)24-30/h13-22,24-25,27,38-39H,7-12,23,26H2,1-6H3. The van der Waals surface area contributed by atoms with Crippen molar-refractivity contribution in [3.63, 3.8) is 0 Å². The molecular formula is C40H49BrO2S. The van der Waals surface area contributed by atoms with Gasteiger partial charge in [-0.15, -0.1) is 11.3 Å². The first-order valence-electron chi connectivity index (χ1n) is 16.7. The number of hydrogen-bond donors (Lipinski definition) is 0. The van der Waals surface area contributed by atoms with Crippen LogP contribution in [0, 0.1) is 5.92 Å². The van der Waals surface area contributed by atoms with Gasteiger partial charge in [0.05, 0.1) is 4.83 Å². The third kappa shape index (κ3) is 6.79. The lowest BCUT2D eigenvalue weighted by atomic mass is 9.69. The van der Waals surface area contributed by atoms with Gasteiger partial charge in [0.25, 0.3) is 0 Å². The lowest BCUT2D eigenvalue weighted by Crippen LogP contribution is -2.28. The molecule has 234 valence electrons. The molecule has 0 saturated carbocycles. The van der Waals surface area contributed by atoms with Gasteiger partial charge in [-0.05, 0) is 108 Å². The van der Waals surface area contributed by atoms with Gasteiger partial charge in [0.1, 0.15) is 0 Å². The van der Waals surface area contributed by atoms with Crippen LogP contribution in [0.4, 0.5) is 0 Å². The van der Waals surface area contributed by atoms with E-state index in [4.69, 9.17) is 9.47 Å². The van der Waals surface area contributed by atoms with Crippen LogP contribution in [0.3, 0.4) is 0 Å². The topological polar surface area (TPSA) is 18.5 Å². The van der Waals surface area contributed by atoms with Crippen LogP contribution in [0.15, 0.2) is 72.8 Å². The van der Waals surface area contributed by atoms with Crippen LogP contribution < -0.4 is 0 Å². The summed E-state index contributed by atoms with van der Waals surface area (Å²) >= 11 is 5.86. The van der Waals surface area contributed by atoms with Gasteiger partial charge in [-0.2, -0.15) is 0 Å². The first kappa shape index (κ1) is 33.1. The first-order chi connectivity index (χ1) is 21.3. The quantitative estimate of drug-likeness (QED) is 0.0924. The van der Waals surface area contributed by atoms with Crippen molar-refractivity contribution in [1.29, 1.82) is 0 Å². The zero-order chi connectivity index (χ0) is 31.3. The Hall–Kier alpha value is -2.24. The SMILES string of the molecule is CCCCc1ccc(-c2ccc(-c3ccc4c(c3)C(CCC)(CC(C)C)c3cc(C(Br)C(OCC)OCC)ccc3-4)s2)cc1. The molecular weight excluding hydrogens is 624 g/mol. The third-order valence-corrected chi connectivity index (χ3v) is 11.1. The minimum atomic E-state index is -0.315. The van der Waals surface area contributed by atoms with Gasteiger partial charge in [0, 0.05) is 28.4 Å². The van der Waals surface area contributed by atoms with Gasteiger partial charge in [0.2, 0.25) is 0 Å². The minimum Gasteiger partial charge on any atom is -0.351 e. The summed E-state index contributed by atoms with van der Waals surface area (Å²) < 4.78 is 12.0. The summed E-state index contributed by atoms with van der Waals surface area (Å²) in [5, 5.41) is 0. The van der Waals surface area contributed by atoms with Crippen LogP contribution in [0.1, 0.15) is 101 Å². The molecule has 0 fully saturated rings. The van der Waals surface area contributed by atoms with Crippen molar-refractivity contribution in [3.8, 4) is 32.0 Å². The predicted molar refractivity (Wildman–Crippen MR) is 193 cm³/mol. The Kier molecular flexibility index (Phi) is 11.2. The Morgan fingerprint density at radius 3 is 1.95 bits per heavy atom. The van der Waals surface area contributed by atoms with E-state index < -0.39 is 0 Å². The molecule has 5 rings (SSSR count). The fourth-order valence-corrected chi connectivity index (χ4v) is 8.72. The Morgan fingerprint density at radius 2 is 1.34 bits per heavy atom. The van der Waals surface area contributed by atoms with Gasteiger partial charge >= 0.3 is 0 Å². The molecule has 1 heterocycles. The van der Waals surface area contributed by atoms with Crippen molar-refractivity contribution >= 4 is 27.3 Å². The second-order valence-electron chi connectivity index (χ2n) is 12.6. The van der Waals surface area contributed by atoms with E-state index in [0.29, 0.717) is 19.1 Å². The van der Waals surface area contributed by atoms with E-state index in [2.05, 4.69) is 116 Å². The van der Waals surface area contributed by atoms with E-state index in [1.807, 2.05) is 25.2 Å². The average molecular weight is 674 g/mol. The molecule has 44 heavy (non-hydrogen) atoms. The van der Waals surface area contributed by atoms with E-state index in [9.17, 15) is 0 Å². The minimum absolute atomic E-state index is 0.0204. The zero-order valence-corrected chi connectivity index (χ0v) is 29.8. The summed E-state index contributed by atoms with van der Waals surface area (Å²) in [6.45, 7) is 14.6. The largest absolute Gasteiger partial charge is 0.351 e. The van der Waals surface area contributed by atoms with E-state index in [1.165, 1.54) is 67.1 Å². The summed E-state index contributed by atoms with van der Waals surface area (Å²) in [4.78, 5) is 2.64. The number of thiophene rings is 1. The number of ether oxygens (including phenoxy) is 2. The number of alkyl halides is 1. The number of unbranched alkanes of at least 4 members (excludes halogenated alkanes) is 1. The maximum Gasteiger partial charge on any atom is 0.173 e. The number of halogens is 1. The predicted octanol–water partition coefficient (Wildman–Crippen LogP) is 12.4. The van der Waals surface area contributed by atoms with Crippen LogP contribution in [-0.4, -0.2) is 19.5 Å². The molecule has 4 heteroatoms. The van der Waals surface area contributed by atoms with Crippen LogP contribution >= 0.6 is 27.3 Å². The molecule has 0 saturated heterocycles. The molecule has 3 aromatic carbocycles. The highest BCUT2D eigenvalue weighted by Gasteiger charge is 2.43. The fraction of sp³-hybridized carbons (Fsp3) is 0.450. The molecule has 0 N–H and O–H groups in total. The molecule has 0 aliphatic heterocycles. The van der Waals surface area contributed by atoms with E-state index in [0.717, 1.165) is 25.7 Å². The van der Waals surface area contributed by atoms with Gasteiger partial charge in [0.15, 0.2) is 6.29 Å².